The summed E-state index contributed by atoms with van der Waals surface area (Å²) in [6, 6.07) is 14.4. The molecular formula is C45H50ClN9O5. The van der Waals surface area contributed by atoms with Crippen LogP contribution in [0.2, 0.25) is 5.02 Å². The Bertz CT molecular complexity index is 2250. The number of halogens is 1. The molecule has 312 valence electrons. The number of imide groups is 2. The molecule has 0 saturated carbocycles. The molecule has 60 heavy (non-hydrogen) atoms. The minimum Gasteiger partial charge on any atom is -0.370 e. The van der Waals surface area contributed by atoms with Gasteiger partial charge in [-0.3, -0.25) is 39.1 Å². The van der Waals surface area contributed by atoms with Crippen molar-refractivity contribution in [1.82, 2.24) is 25.0 Å². The number of hydrogen-bond acceptors (Lipinski definition) is 10. The van der Waals surface area contributed by atoms with E-state index in [-0.39, 0.29) is 29.7 Å². The lowest BCUT2D eigenvalue weighted by atomic mass is 9.76. The van der Waals surface area contributed by atoms with Crippen molar-refractivity contribution in [3.63, 3.8) is 0 Å². The third-order valence-electron chi connectivity index (χ3n) is 13.9. The zero-order valence-corrected chi connectivity index (χ0v) is 34.7. The number of nitrogens with zero attached hydrogens (tertiary/aromatic N) is 8. The van der Waals surface area contributed by atoms with Crippen LogP contribution >= 0.6 is 11.6 Å². The van der Waals surface area contributed by atoms with Crippen LogP contribution in [-0.2, 0) is 9.59 Å². The number of piperazine rings is 1. The van der Waals surface area contributed by atoms with E-state index in [0.29, 0.717) is 47.0 Å². The van der Waals surface area contributed by atoms with Crippen LogP contribution in [0.1, 0.15) is 83.1 Å². The molecule has 1 spiro atoms. The van der Waals surface area contributed by atoms with Crippen LogP contribution in [0, 0.1) is 17.9 Å². The van der Waals surface area contributed by atoms with Gasteiger partial charge in [0.25, 0.3) is 17.7 Å². The lowest BCUT2D eigenvalue weighted by molar-refractivity contribution is -0.136. The number of nitrogens with one attached hydrogen (secondary N) is 1. The first-order valence-corrected chi connectivity index (χ1v) is 21.6. The molecule has 3 aromatic rings. The Kier molecular flexibility index (Phi) is 10.7. The quantitative estimate of drug-likeness (QED) is 0.249. The van der Waals surface area contributed by atoms with E-state index >= 15 is 0 Å². The van der Waals surface area contributed by atoms with Crippen LogP contribution < -0.4 is 20.0 Å². The van der Waals surface area contributed by atoms with Gasteiger partial charge in [-0.05, 0) is 99.2 Å². The van der Waals surface area contributed by atoms with Crippen molar-refractivity contribution in [3.05, 3.63) is 88.0 Å². The Morgan fingerprint density at radius 2 is 1.55 bits per heavy atom. The molecule has 6 aliphatic rings. The maximum Gasteiger partial charge on any atom is 0.272 e. The van der Waals surface area contributed by atoms with Crippen molar-refractivity contribution in [2.45, 2.75) is 64.0 Å². The number of fused-ring (bicyclic) bond motifs is 1. The molecule has 7 heterocycles. The van der Waals surface area contributed by atoms with Gasteiger partial charge in [0.05, 0.1) is 29.6 Å². The fraction of sp³-hybridized carbons (Fsp3) is 0.489. The van der Waals surface area contributed by atoms with E-state index in [9.17, 15) is 24.0 Å². The molecule has 9 rings (SSSR count). The largest absolute Gasteiger partial charge is 0.370 e. The summed E-state index contributed by atoms with van der Waals surface area (Å²) in [5.74, 6) is -1.50. The first kappa shape index (κ1) is 39.9. The third-order valence-corrected chi connectivity index (χ3v) is 14.2. The SMILES string of the molecule is [C-]#[N+]c1ccc(N2CC3(CCN(c4ccc(C(=O)N5CCC(CN6CCN(c7ccc8c(c7)C(=O)N(C7CCC(=O)NC7=O)C8=O)CC6)CC5)nc4)CC3)C[C@@H]2C)cc1Cl. The molecule has 1 N–H and O–H groups in total. The van der Waals surface area contributed by atoms with Crippen LogP contribution in [0.15, 0.2) is 54.7 Å². The predicted molar refractivity (Wildman–Crippen MR) is 228 cm³/mol. The molecule has 14 nitrogen and oxygen atoms in total. The summed E-state index contributed by atoms with van der Waals surface area (Å²) in [5.41, 5.74) is 4.82. The van der Waals surface area contributed by atoms with Gasteiger partial charge in [0, 0.05) is 94.3 Å². The number of carbonyl (C=O) groups is 5. The van der Waals surface area contributed by atoms with Gasteiger partial charge in [-0.15, -0.1) is 0 Å². The zero-order chi connectivity index (χ0) is 41.7. The van der Waals surface area contributed by atoms with Gasteiger partial charge in [0.1, 0.15) is 11.7 Å². The molecular weight excluding hydrogens is 782 g/mol. The standard InChI is InChI=1S/C45H50ClN9O5/c1-29-25-45(28-54(29)32-4-7-37(47-2)36(46)24-32)13-17-51(18-14-45)33-5-8-38(48-26-33)44(60)53-15-11-30(12-16-53)27-50-19-21-52(22-20-50)31-3-6-34-35(23-31)43(59)55(42(34)58)39-9-10-40(56)49-41(39)57/h3-8,23-24,26,29-30,39H,9-22,25,27-28H2,1H3,(H,49,56,57)/t29-,39?/m0/s1. The Morgan fingerprint density at radius 3 is 2.23 bits per heavy atom. The molecule has 15 heteroatoms. The molecule has 5 amide bonds. The van der Waals surface area contributed by atoms with E-state index in [2.05, 4.69) is 41.7 Å². The molecule has 2 aromatic carbocycles. The summed E-state index contributed by atoms with van der Waals surface area (Å²) in [7, 11) is 0. The molecule has 6 aliphatic heterocycles. The van der Waals surface area contributed by atoms with Gasteiger partial charge < -0.3 is 19.6 Å². The minimum absolute atomic E-state index is 0.00876. The molecule has 0 radical (unpaired) electrons. The second-order valence-electron chi connectivity index (χ2n) is 17.5. The van der Waals surface area contributed by atoms with Crippen molar-refractivity contribution >= 4 is 63.9 Å². The average molecular weight is 832 g/mol. The Hall–Kier alpha value is -5.52. The first-order valence-electron chi connectivity index (χ1n) is 21.3. The minimum atomic E-state index is -0.977. The van der Waals surface area contributed by atoms with Crippen molar-refractivity contribution in [3.8, 4) is 0 Å². The molecule has 0 bridgehead atoms. The Labute approximate surface area is 355 Å². The molecule has 5 fully saturated rings. The second-order valence-corrected chi connectivity index (χ2v) is 17.9. The summed E-state index contributed by atoms with van der Waals surface area (Å²) in [4.78, 5) is 84.7. The van der Waals surface area contributed by atoms with Crippen LogP contribution in [0.3, 0.4) is 0 Å². The molecule has 0 aliphatic carbocycles. The van der Waals surface area contributed by atoms with E-state index in [4.69, 9.17) is 18.2 Å². The van der Waals surface area contributed by atoms with Gasteiger partial charge in [-0.25, -0.2) is 9.83 Å². The normalized spacial score (nSPS) is 23.6. The topological polar surface area (TPSA) is 134 Å². The summed E-state index contributed by atoms with van der Waals surface area (Å²) in [5, 5.41) is 2.75. The average Bonchev–Trinajstić information content (AvgIpc) is 3.71. The highest BCUT2D eigenvalue weighted by molar-refractivity contribution is 6.33. The van der Waals surface area contributed by atoms with E-state index in [1.807, 2.05) is 47.5 Å². The fourth-order valence-electron chi connectivity index (χ4n) is 10.4. The van der Waals surface area contributed by atoms with Gasteiger partial charge in [-0.1, -0.05) is 17.7 Å². The third kappa shape index (κ3) is 7.58. The highest BCUT2D eigenvalue weighted by Crippen LogP contribution is 2.46. The number of anilines is 3. The smallest absolute Gasteiger partial charge is 0.272 e. The summed E-state index contributed by atoms with van der Waals surface area (Å²) < 4.78 is 0. The van der Waals surface area contributed by atoms with Gasteiger partial charge in [0.15, 0.2) is 0 Å². The number of pyridine rings is 1. The van der Waals surface area contributed by atoms with Crippen LogP contribution in [0.4, 0.5) is 22.7 Å². The Morgan fingerprint density at radius 1 is 0.850 bits per heavy atom. The first-order chi connectivity index (χ1) is 29.0. The lowest BCUT2D eigenvalue weighted by Gasteiger charge is -2.40. The van der Waals surface area contributed by atoms with Crippen LogP contribution in [-0.4, -0.2) is 127 Å². The van der Waals surface area contributed by atoms with Crippen LogP contribution in [0.5, 0.6) is 0 Å². The van der Waals surface area contributed by atoms with Crippen LogP contribution in [0.25, 0.3) is 4.85 Å². The van der Waals surface area contributed by atoms with Crippen molar-refractivity contribution in [1.29, 1.82) is 0 Å². The van der Waals surface area contributed by atoms with Crippen molar-refractivity contribution < 1.29 is 24.0 Å². The van der Waals surface area contributed by atoms with Gasteiger partial charge in [0.2, 0.25) is 17.5 Å². The number of rotatable bonds is 7. The van der Waals surface area contributed by atoms with E-state index in [1.54, 1.807) is 12.1 Å². The molecule has 1 unspecified atom stereocenters. The number of benzene rings is 2. The summed E-state index contributed by atoms with van der Waals surface area (Å²) in [6.07, 6.45) is 7.27. The fourth-order valence-corrected chi connectivity index (χ4v) is 10.6. The van der Waals surface area contributed by atoms with E-state index in [1.165, 1.54) is 0 Å². The lowest BCUT2D eigenvalue weighted by Crippen LogP contribution is -2.54. The molecule has 5 saturated heterocycles. The highest BCUT2D eigenvalue weighted by atomic mass is 35.5. The predicted octanol–water partition coefficient (Wildman–Crippen LogP) is 5.25. The summed E-state index contributed by atoms with van der Waals surface area (Å²) in [6.45, 7) is 18.2. The number of piperidine rings is 3. The maximum absolute atomic E-state index is 13.5. The zero-order valence-electron chi connectivity index (χ0n) is 33.9. The van der Waals surface area contributed by atoms with E-state index < -0.39 is 29.7 Å². The number of hydrogen-bond donors (Lipinski definition) is 1. The molecule has 1 aromatic heterocycles. The second kappa shape index (κ2) is 16.2. The van der Waals surface area contributed by atoms with Crippen molar-refractivity contribution in [2.24, 2.45) is 11.3 Å². The van der Waals surface area contributed by atoms with E-state index in [0.717, 1.165) is 106 Å². The van der Waals surface area contributed by atoms with Gasteiger partial charge >= 0.3 is 0 Å². The number of aromatic nitrogens is 1. The number of likely N-dealkylation sites (tertiary alicyclic amines) is 1. The number of amides is 5. The highest BCUT2D eigenvalue weighted by Gasteiger charge is 2.46. The number of carbonyl (C=O) groups excluding carboxylic acids is 5. The van der Waals surface area contributed by atoms with Crippen molar-refractivity contribution in [2.75, 3.05) is 80.1 Å². The van der Waals surface area contributed by atoms with Gasteiger partial charge in [-0.2, -0.15) is 0 Å². The summed E-state index contributed by atoms with van der Waals surface area (Å²) >= 11 is 6.38. The Balaban J connectivity index is 0.717. The molecule has 2 atom stereocenters. The maximum atomic E-state index is 13.5. The monoisotopic (exact) mass is 831 g/mol.